The molecule has 2 aromatic rings. The Morgan fingerprint density at radius 2 is 1.82 bits per heavy atom. The Balaban J connectivity index is 1.68. The number of aliphatic hydroxyl groups excluding tert-OH is 1. The van der Waals surface area contributed by atoms with E-state index in [1.54, 1.807) is 6.92 Å². The molecule has 6 atom stereocenters. The summed E-state index contributed by atoms with van der Waals surface area (Å²) in [5, 5.41) is 44.1. The molecule has 202 valence electrons. The lowest BCUT2D eigenvalue weighted by molar-refractivity contribution is -0.247. The van der Waals surface area contributed by atoms with E-state index in [1.165, 1.54) is 32.2 Å². The third kappa shape index (κ3) is 3.81. The molecular weight excluding hydrogens is 498 g/mol. The summed E-state index contributed by atoms with van der Waals surface area (Å²) in [6.45, 7) is 2.79. The van der Waals surface area contributed by atoms with Crippen molar-refractivity contribution in [3.63, 3.8) is 0 Å². The lowest BCUT2D eigenvalue weighted by atomic mass is 9.72. The van der Waals surface area contributed by atoms with Crippen molar-refractivity contribution in [1.82, 2.24) is 0 Å². The normalized spacial score (nSPS) is 30.3. The second kappa shape index (κ2) is 9.14. The minimum Gasteiger partial charge on any atom is -0.507 e. The van der Waals surface area contributed by atoms with Crippen LogP contribution in [0.1, 0.15) is 75.8 Å². The van der Waals surface area contributed by atoms with Crippen LogP contribution in [-0.4, -0.2) is 75.0 Å². The van der Waals surface area contributed by atoms with Crippen molar-refractivity contribution in [1.29, 1.82) is 0 Å². The van der Waals surface area contributed by atoms with Gasteiger partial charge in [-0.25, -0.2) is 0 Å². The monoisotopic (exact) mass is 527 g/mol. The van der Waals surface area contributed by atoms with Gasteiger partial charge in [0, 0.05) is 42.0 Å². The number of aromatic hydroxyl groups is 2. The highest BCUT2D eigenvalue weighted by molar-refractivity contribution is 6.31. The summed E-state index contributed by atoms with van der Waals surface area (Å²) in [7, 11) is 1.34. The Bertz CT molecular complexity index is 1360. The van der Waals surface area contributed by atoms with Gasteiger partial charge in [-0.2, -0.15) is 0 Å². The van der Waals surface area contributed by atoms with Crippen LogP contribution >= 0.6 is 0 Å². The van der Waals surface area contributed by atoms with Crippen LogP contribution in [0.4, 0.5) is 0 Å². The van der Waals surface area contributed by atoms with Crippen LogP contribution in [0.2, 0.25) is 0 Å². The molecule has 0 amide bonds. The Hall–Kier alpha value is -3.35. The van der Waals surface area contributed by atoms with Gasteiger partial charge in [-0.3, -0.25) is 14.4 Å². The predicted octanol–water partition coefficient (Wildman–Crippen LogP) is 1.03. The molecule has 0 unspecified atom stereocenters. The van der Waals surface area contributed by atoms with E-state index in [4.69, 9.17) is 19.9 Å². The van der Waals surface area contributed by atoms with Crippen LogP contribution in [-0.2, 0) is 20.7 Å². The zero-order valence-electron chi connectivity index (χ0n) is 21.1. The molecular formula is C27H29NO10. The number of nitrogens with two attached hydrogens (primary N) is 1. The first-order chi connectivity index (χ1) is 17.9. The number of ether oxygens (including phenoxy) is 3. The molecule has 0 saturated carbocycles. The summed E-state index contributed by atoms with van der Waals surface area (Å²) in [5.74, 6) is -3.18. The van der Waals surface area contributed by atoms with Gasteiger partial charge in [0.15, 0.2) is 17.9 Å². The van der Waals surface area contributed by atoms with E-state index in [0.29, 0.717) is 0 Å². The van der Waals surface area contributed by atoms with Gasteiger partial charge < -0.3 is 40.4 Å². The van der Waals surface area contributed by atoms with E-state index in [2.05, 4.69) is 0 Å². The number of aliphatic hydroxyl groups is 2. The van der Waals surface area contributed by atoms with E-state index in [1.807, 2.05) is 0 Å². The van der Waals surface area contributed by atoms with Crippen molar-refractivity contribution in [2.24, 2.45) is 5.73 Å². The quantitative estimate of drug-likeness (QED) is 0.305. The molecule has 3 aliphatic rings. The Labute approximate surface area is 217 Å². The molecule has 0 bridgehead atoms. The average Bonchev–Trinajstić information content (AvgIpc) is 2.87. The third-order valence-corrected chi connectivity index (χ3v) is 7.80. The highest BCUT2D eigenvalue weighted by atomic mass is 16.7. The number of phenols is 2. The van der Waals surface area contributed by atoms with E-state index in [9.17, 15) is 34.8 Å². The molecule has 1 aliphatic heterocycles. The maximum absolute atomic E-state index is 13.6. The number of methoxy groups -OCH3 is 1. The van der Waals surface area contributed by atoms with Gasteiger partial charge in [0.1, 0.15) is 22.8 Å². The molecule has 2 aliphatic carbocycles. The summed E-state index contributed by atoms with van der Waals surface area (Å²) < 4.78 is 17.1. The number of rotatable bonds is 4. The average molecular weight is 528 g/mol. The predicted molar refractivity (Wildman–Crippen MR) is 130 cm³/mol. The lowest BCUT2D eigenvalue weighted by Crippen LogP contribution is -2.52. The zero-order valence-corrected chi connectivity index (χ0v) is 21.1. The molecule has 11 nitrogen and oxygen atoms in total. The molecule has 1 saturated heterocycles. The van der Waals surface area contributed by atoms with Gasteiger partial charge in [0.2, 0.25) is 5.78 Å². The fourth-order valence-corrected chi connectivity index (χ4v) is 5.66. The Morgan fingerprint density at radius 1 is 1.13 bits per heavy atom. The second-order valence-electron chi connectivity index (χ2n) is 10.1. The summed E-state index contributed by atoms with van der Waals surface area (Å²) in [4.78, 5) is 39.6. The van der Waals surface area contributed by atoms with Gasteiger partial charge in [-0.05, 0) is 19.9 Å². The van der Waals surface area contributed by atoms with Crippen molar-refractivity contribution >= 4 is 17.3 Å². The summed E-state index contributed by atoms with van der Waals surface area (Å²) in [6.07, 6.45) is -4.53. The standard InChI is InChI=1S/C27H29NO10/c1-10-22(30)14(28)7-17(37-10)38-16-9-27(35,11(2)29)8-13-19(16)26(34)21-20(24(13)32)23(31)12-5-4-6-15(36-3)18(12)25(21)33/h4-6,10,14,16-17,22,30,32,34-35H,7-9,28H2,1-3H3/t10-,14+,16+,17-,22-,27-/m1/s1. The number of fused-ring (bicyclic) bond motifs is 3. The number of hydrogen-bond donors (Lipinski definition) is 5. The summed E-state index contributed by atoms with van der Waals surface area (Å²) >= 11 is 0. The minimum absolute atomic E-state index is 0.0147. The highest BCUT2D eigenvalue weighted by Crippen LogP contribution is 2.52. The van der Waals surface area contributed by atoms with Gasteiger partial charge >= 0.3 is 0 Å². The topological polar surface area (TPSA) is 186 Å². The van der Waals surface area contributed by atoms with Crippen LogP contribution in [0.25, 0.3) is 0 Å². The van der Waals surface area contributed by atoms with E-state index in [-0.39, 0.29) is 40.8 Å². The number of ketones is 3. The maximum Gasteiger partial charge on any atom is 0.202 e. The van der Waals surface area contributed by atoms with Gasteiger partial charge in [-0.15, -0.1) is 0 Å². The first-order valence-corrected chi connectivity index (χ1v) is 12.2. The first-order valence-electron chi connectivity index (χ1n) is 12.2. The van der Waals surface area contributed by atoms with Crippen LogP contribution in [0.3, 0.4) is 0 Å². The fraction of sp³-hybridized carbons (Fsp3) is 0.444. The third-order valence-electron chi connectivity index (χ3n) is 7.80. The molecule has 2 aromatic carbocycles. The largest absolute Gasteiger partial charge is 0.507 e. The molecule has 0 aromatic heterocycles. The number of Topliss-reactive ketones (excluding diaryl/α,β-unsaturated/α-hetero) is 1. The number of benzene rings is 2. The summed E-state index contributed by atoms with van der Waals surface area (Å²) in [6, 6.07) is 3.75. The van der Waals surface area contributed by atoms with Crippen molar-refractivity contribution in [2.75, 3.05) is 7.11 Å². The van der Waals surface area contributed by atoms with Crippen molar-refractivity contribution in [3.8, 4) is 17.2 Å². The maximum atomic E-state index is 13.6. The molecule has 11 heteroatoms. The molecule has 0 radical (unpaired) electrons. The van der Waals surface area contributed by atoms with Crippen LogP contribution in [0, 0.1) is 0 Å². The highest BCUT2D eigenvalue weighted by Gasteiger charge is 2.49. The van der Waals surface area contributed by atoms with Crippen molar-refractivity contribution in [2.45, 2.75) is 69.4 Å². The molecule has 1 heterocycles. The number of hydrogen-bond acceptors (Lipinski definition) is 11. The van der Waals surface area contributed by atoms with E-state index in [0.717, 1.165) is 0 Å². The van der Waals surface area contributed by atoms with Crippen LogP contribution in [0.5, 0.6) is 17.2 Å². The zero-order chi connectivity index (χ0) is 27.7. The molecule has 38 heavy (non-hydrogen) atoms. The van der Waals surface area contributed by atoms with E-state index < -0.39 is 82.6 Å². The SMILES string of the molecule is COc1cccc2c1C(=O)c1c(O)c3c(c(O)c1C2=O)C[C@](O)(C(C)=O)C[C@@H]3O[C@@H]1C[C@H](N)[C@H](O)[C@@H](C)O1. The number of phenolic OH excluding ortho intramolecular Hbond substituents is 2. The van der Waals surface area contributed by atoms with E-state index >= 15 is 0 Å². The fourth-order valence-electron chi connectivity index (χ4n) is 5.66. The smallest absolute Gasteiger partial charge is 0.202 e. The Morgan fingerprint density at radius 3 is 2.45 bits per heavy atom. The van der Waals surface area contributed by atoms with Crippen molar-refractivity contribution < 1.29 is 49.0 Å². The van der Waals surface area contributed by atoms with Crippen LogP contribution in [0.15, 0.2) is 18.2 Å². The lowest BCUT2D eigenvalue weighted by Gasteiger charge is -2.42. The first kappa shape index (κ1) is 26.3. The van der Waals surface area contributed by atoms with Crippen LogP contribution < -0.4 is 10.5 Å². The van der Waals surface area contributed by atoms with Gasteiger partial charge in [-0.1, -0.05) is 12.1 Å². The second-order valence-corrected chi connectivity index (χ2v) is 10.1. The minimum atomic E-state index is -2.00. The Kier molecular flexibility index (Phi) is 6.32. The summed E-state index contributed by atoms with van der Waals surface area (Å²) in [5.41, 5.74) is 2.97. The van der Waals surface area contributed by atoms with Crippen molar-refractivity contribution in [3.05, 3.63) is 51.6 Å². The molecule has 0 spiro atoms. The number of carbonyl (C=O) groups is 3. The van der Waals surface area contributed by atoms with Gasteiger partial charge in [0.05, 0.1) is 42.1 Å². The molecule has 6 N–H and O–H groups in total. The van der Waals surface area contributed by atoms with Gasteiger partial charge in [0.25, 0.3) is 0 Å². The number of carbonyl (C=O) groups excluding carboxylic acids is 3. The molecule has 5 rings (SSSR count). The molecule has 1 fully saturated rings.